The Labute approximate surface area is 162 Å². The summed E-state index contributed by atoms with van der Waals surface area (Å²) in [7, 11) is 0. The Hall–Kier alpha value is -2.59. The molecule has 1 heterocycles. The Kier molecular flexibility index (Phi) is 6.66. The second-order valence-corrected chi connectivity index (χ2v) is 7.02. The Bertz CT molecular complexity index is 765. The molecule has 1 aliphatic rings. The lowest BCUT2D eigenvalue weighted by molar-refractivity contribution is -0.139. The van der Waals surface area contributed by atoms with Gasteiger partial charge in [0, 0.05) is 32.7 Å². The summed E-state index contributed by atoms with van der Waals surface area (Å²) < 4.78 is 5.83. The van der Waals surface area contributed by atoms with Crippen LogP contribution in [0.3, 0.4) is 0 Å². The minimum atomic E-state index is -0.462. The minimum absolute atomic E-state index is 0.0657. The Morgan fingerprint density at radius 2 is 1.81 bits per heavy atom. The summed E-state index contributed by atoms with van der Waals surface area (Å²) in [5, 5.41) is 0. The highest BCUT2D eigenvalue weighted by molar-refractivity contribution is 5.81. The molecule has 1 saturated heterocycles. The highest BCUT2D eigenvalue weighted by Gasteiger charge is 2.25. The number of amides is 1. The lowest BCUT2D eigenvalue weighted by Gasteiger charge is -2.35. The molecule has 4 nitrogen and oxygen atoms in total. The molecule has 0 unspecified atom stereocenters. The van der Waals surface area contributed by atoms with E-state index in [0.29, 0.717) is 0 Å². The van der Waals surface area contributed by atoms with Gasteiger partial charge in [0.25, 0.3) is 5.91 Å². The molecular weight excluding hydrogens is 336 g/mol. The number of carbonyl (C=O) groups is 1. The molecule has 1 fully saturated rings. The van der Waals surface area contributed by atoms with Gasteiger partial charge in [0.2, 0.25) is 0 Å². The second kappa shape index (κ2) is 9.38. The first kappa shape index (κ1) is 19.2. The van der Waals surface area contributed by atoms with Gasteiger partial charge in [0.15, 0.2) is 6.10 Å². The zero-order valence-corrected chi connectivity index (χ0v) is 16.2. The largest absolute Gasteiger partial charge is 0.481 e. The van der Waals surface area contributed by atoms with Gasteiger partial charge in [0.1, 0.15) is 5.75 Å². The summed E-state index contributed by atoms with van der Waals surface area (Å²) in [6.07, 6.45) is 3.88. The van der Waals surface area contributed by atoms with Crippen molar-refractivity contribution in [2.24, 2.45) is 0 Å². The van der Waals surface area contributed by atoms with Crippen molar-refractivity contribution in [3.05, 3.63) is 71.8 Å². The average Bonchev–Trinajstić information content (AvgIpc) is 2.69. The molecule has 1 atom stereocenters. The van der Waals surface area contributed by atoms with E-state index in [4.69, 9.17) is 4.74 Å². The first-order valence-corrected chi connectivity index (χ1v) is 9.58. The van der Waals surface area contributed by atoms with E-state index >= 15 is 0 Å². The lowest BCUT2D eigenvalue weighted by atomic mass is 10.2. The summed E-state index contributed by atoms with van der Waals surface area (Å²) in [4.78, 5) is 16.9. The van der Waals surface area contributed by atoms with Crippen molar-refractivity contribution in [2.45, 2.75) is 20.0 Å². The molecule has 0 N–H and O–H groups in total. The number of rotatable bonds is 6. The van der Waals surface area contributed by atoms with Crippen LogP contribution in [0.5, 0.6) is 5.75 Å². The van der Waals surface area contributed by atoms with Crippen LogP contribution in [0, 0.1) is 6.92 Å². The van der Waals surface area contributed by atoms with Gasteiger partial charge in [-0.1, -0.05) is 54.6 Å². The van der Waals surface area contributed by atoms with Crippen LogP contribution >= 0.6 is 0 Å². The predicted octanol–water partition coefficient (Wildman–Crippen LogP) is 3.62. The molecule has 142 valence electrons. The van der Waals surface area contributed by atoms with E-state index < -0.39 is 6.10 Å². The molecule has 1 amide bonds. The highest BCUT2D eigenvalue weighted by atomic mass is 16.5. The molecule has 2 aromatic rings. The van der Waals surface area contributed by atoms with Crippen LogP contribution in [0.2, 0.25) is 0 Å². The lowest BCUT2D eigenvalue weighted by Crippen LogP contribution is -2.51. The Morgan fingerprint density at radius 1 is 1.07 bits per heavy atom. The van der Waals surface area contributed by atoms with Gasteiger partial charge in [-0.2, -0.15) is 0 Å². The van der Waals surface area contributed by atoms with E-state index in [1.54, 1.807) is 0 Å². The number of carbonyl (C=O) groups excluding carboxylic acids is 1. The van der Waals surface area contributed by atoms with Crippen LogP contribution in [0.15, 0.2) is 60.7 Å². The molecule has 0 saturated carbocycles. The molecule has 0 bridgehead atoms. The van der Waals surface area contributed by atoms with Crippen LogP contribution in [0.4, 0.5) is 0 Å². The smallest absolute Gasteiger partial charge is 0.263 e. The fourth-order valence-corrected chi connectivity index (χ4v) is 3.25. The van der Waals surface area contributed by atoms with Crippen molar-refractivity contribution in [3.8, 4) is 5.75 Å². The SMILES string of the molecule is Cc1cccc(O[C@@H](C)C(=O)N2CCN(C/C=C/c3ccccc3)CC2)c1. The van der Waals surface area contributed by atoms with Crippen LogP contribution in [0.1, 0.15) is 18.1 Å². The van der Waals surface area contributed by atoms with Gasteiger partial charge >= 0.3 is 0 Å². The van der Waals surface area contributed by atoms with Gasteiger partial charge in [-0.25, -0.2) is 0 Å². The number of nitrogens with zero attached hydrogens (tertiary/aromatic N) is 2. The monoisotopic (exact) mass is 364 g/mol. The van der Waals surface area contributed by atoms with Crippen molar-refractivity contribution in [1.29, 1.82) is 0 Å². The number of hydrogen-bond acceptors (Lipinski definition) is 3. The maximum Gasteiger partial charge on any atom is 0.263 e. The van der Waals surface area contributed by atoms with Gasteiger partial charge < -0.3 is 9.64 Å². The predicted molar refractivity (Wildman–Crippen MR) is 110 cm³/mol. The zero-order valence-electron chi connectivity index (χ0n) is 16.2. The molecule has 3 rings (SSSR count). The van der Waals surface area contributed by atoms with Gasteiger partial charge in [-0.3, -0.25) is 9.69 Å². The number of hydrogen-bond donors (Lipinski definition) is 0. The third-order valence-electron chi connectivity index (χ3n) is 4.81. The summed E-state index contributed by atoms with van der Waals surface area (Å²) in [5.41, 5.74) is 2.35. The summed E-state index contributed by atoms with van der Waals surface area (Å²) >= 11 is 0. The molecule has 4 heteroatoms. The standard InChI is InChI=1S/C23H28N2O2/c1-19-8-6-12-22(18-19)27-20(2)23(26)25-16-14-24(15-17-25)13-7-11-21-9-4-3-5-10-21/h3-12,18,20H,13-17H2,1-2H3/b11-7+/t20-/m0/s1. The Morgan fingerprint density at radius 3 is 2.52 bits per heavy atom. The van der Waals surface area contributed by atoms with E-state index in [-0.39, 0.29) is 5.91 Å². The topological polar surface area (TPSA) is 32.8 Å². The van der Waals surface area contributed by atoms with Crippen molar-refractivity contribution in [3.63, 3.8) is 0 Å². The molecule has 1 aliphatic heterocycles. The van der Waals surface area contributed by atoms with E-state index in [9.17, 15) is 4.79 Å². The normalized spacial score (nSPS) is 16.4. The van der Waals surface area contributed by atoms with Crippen LogP contribution in [-0.4, -0.2) is 54.5 Å². The summed E-state index contributed by atoms with van der Waals surface area (Å²) in [6.45, 7) is 8.04. The third-order valence-corrected chi connectivity index (χ3v) is 4.81. The number of ether oxygens (including phenoxy) is 1. The van der Waals surface area contributed by atoms with Gasteiger partial charge in [0.05, 0.1) is 0 Å². The van der Waals surface area contributed by atoms with Crippen LogP contribution in [0.25, 0.3) is 6.08 Å². The van der Waals surface area contributed by atoms with Gasteiger partial charge in [-0.05, 0) is 37.1 Å². The molecule has 0 aromatic heterocycles. The minimum Gasteiger partial charge on any atom is -0.481 e. The fraction of sp³-hybridized carbons (Fsp3) is 0.348. The van der Waals surface area contributed by atoms with Crippen molar-refractivity contribution >= 4 is 12.0 Å². The summed E-state index contributed by atoms with van der Waals surface area (Å²) in [5.74, 6) is 0.816. The molecular formula is C23H28N2O2. The first-order valence-electron chi connectivity index (χ1n) is 9.58. The molecule has 27 heavy (non-hydrogen) atoms. The van der Waals surface area contributed by atoms with Crippen LogP contribution < -0.4 is 4.74 Å². The summed E-state index contributed by atoms with van der Waals surface area (Å²) in [6, 6.07) is 18.1. The zero-order chi connectivity index (χ0) is 19.1. The van der Waals surface area contributed by atoms with Crippen molar-refractivity contribution in [1.82, 2.24) is 9.80 Å². The van der Waals surface area contributed by atoms with Gasteiger partial charge in [-0.15, -0.1) is 0 Å². The fourth-order valence-electron chi connectivity index (χ4n) is 3.25. The Balaban J connectivity index is 1.44. The second-order valence-electron chi connectivity index (χ2n) is 7.02. The first-order chi connectivity index (χ1) is 13.1. The van der Waals surface area contributed by atoms with Crippen LogP contribution in [-0.2, 0) is 4.79 Å². The molecule has 2 aromatic carbocycles. The van der Waals surface area contributed by atoms with Crippen molar-refractivity contribution in [2.75, 3.05) is 32.7 Å². The van der Waals surface area contributed by atoms with E-state index in [1.165, 1.54) is 5.56 Å². The number of piperazine rings is 1. The third kappa shape index (κ3) is 5.69. The number of benzene rings is 2. The maximum absolute atomic E-state index is 12.7. The molecule has 0 radical (unpaired) electrons. The molecule has 0 aliphatic carbocycles. The highest BCUT2D eigenvalue weighted by Crippen LogP contribution is 2.15. The van der Waals surface area contributed by atoms with E-state index in [0.717, 1.165) is 44.0 Å². The maximum atomic E-state index is 12.7. The van der Waals surface area contributed by atoms with E-state index in [2.05, 4.69) is 29.2 Å². The average molecular weight is 364 g/mol. The quantitative estimate of drug-likeness (QED) is 0.785. The van der Waals surface area contributed by atoms with Crippen molar-refractivity contribution < 1.29 is 9.53 Å². The van der Waals surface area contributed by atoms with E-state index in [1.807, 2.05) is 61.2 Å². The molecule has 0 spiro atoms. The number of aryl methyl sites for hydroxylation is 1.